The molecule has 5 heteroatoms. The van der Waals surface area contributed by atoms with Gasteiger partial charge in [-0.05, 0) is 35.6 Å². The summed E-state index contributed by atoms with van der Waals surface area (Å²) in [7, 11) is 0. The molecule has 0 radical (unpaired) electrons. The fraction of sp³-hybridized carbons (Fsp3) is 0.300. The van der Waals surface area contributed by atoms with Gasteiger partial charge in [-0.3, -0.25) is 9.59 Å². The lowest BCUT2D eigenvalue weighted by molar-refractivity contribution is -0.123. The molecule has 2 atom stereocenters. The zero-order valence-electron chi connectivity index (χ0n) is 14.2. The summed E-state index contributed by atoms with van der Waals surface area (Å²) in [4.78, 5) is 23.8. The van der Waals surface area contributed by atoms with E-state index >= 15 is 0 Å². The molecule has 2 rings (SSSR count). The molecule has 2 unspecified atom stereocenters. The number of amides is 2. The molecule has 0 heterocycles. The standard InChI is InChI=1S/C20H23FN2O2/c1-14(16-5-3-2-4-6-16)11-19(24)23-13-17(20(22)25)12-15-7-9-18(21)10-8-15/h2-10,14,17H,11-13H2,1H3,(H2,22,25)(H,23,24). The molecule has 4 nitrogen and oxygen atoms in total. The van der Waals surface area contributed by atoms with Gasteiger partial charge < -0.3 is 11.1 Å². The van der Waals surface area contributed by atoms with Crippen molar-refractivity contribution in [3.63, 3.8) is 0 Å². The van der Waals surface area contributed by atoms with E-state index in [0.717, 1.165) is 11.1 Å². The second-order valence-corrected chi connectivity index (χ2v) is 6.25. The summed E-state index contributed by atoms with van der Waals surface area (Å²) in [5, 5.41) is 2.78. The molecule has 0 aliphatic carbocycles. The number of nitrogens with one attached hydrogen (secondary N) is 1. The molecular formula is C20H23FN2O2. The van der Waals surface area contributed by atoms with Crippen LogP contribution in [-0.4, -0.2) is 18.4 Å². The van der Waals surface area contributed by atoms with Crippen LogP contribution in [0.4, 0.5) is 4.39 Å². The van der Waals surface area contributed by atoms with Crippen molar-refractivity contribution in [2.45, 2.75) is 25.7 Å². The molecule has 25 heavy (non-hydrogen) atoms. The summed E-state index contributed by atoms with van der Waals surface area (Å²) < 4.78 is 12.9. The summed E-state index contributed by atoms with van der Waals surface area (Å²) in [5.74, 6) is -1.38. The van der Waals surface area contributed by atoms with Crippen LogP contribution in [0.25, 0.3) is 0 Å². The average Bonchev–Trinajstić information content (AvgIpc) is 2.60. The maximum absolute atomic E-state index is 12.9. The zero-order valence-corrected chi connectivity index (χ0v) is 14.2. The summed E-state index contributed by atoms with van der Waals surface area (Å²) in [6.07, 6.45) is 0.705. The molecule has 0 aliphatic heterocycles. The number of nitrogens with two attached hydrogens (primary N) is 1. The van der Waals surface area contributed by atoms with Gasteiger partial charge in [0, 0.05) is 13.0 Å². The molecule has 0 bridgehead atoms. The van der Waals surface area contributed by atoms with E-state index in [4.69, 9.17) is 5.73 Å². The lowest BCUT2D eigenvalue weighted by atomic mass is 9.96. The van der Waals surface area contributed by atoms with Gasteiger partial charge in [-0.1, -0.05) is 49.4 Å². The van der Waals surface area contributed by atoms with Gasteiger partial charge in [-0.15, -0.1) is 0 Å². The Bertz CT molecular complexity index is 701. The molecule has 0 fully saturated rings. The monoisotopic (exact) mass is 342 g/mol. The van der Waals surface area contributed by atoms with E-state index in [9.17, 15) is 14.0 Å². The van der Waals surface area contributed by atoms with E-state index < -0.39 is 11.8 Å². The van der Waals surface area contributed by atoms with E-state index in [1.165, 1.54) is 12.1 Å². The van der Waals surface area contributed by atoms with E-state index in [0.29, 0.717) is 12.8 Å². The zero-order chi connectivity index (χ0) is 18.2. The van der Waals surface area contributed by atoms with Crippen LogP contribution >= 0.6 is 0 Å². The van der Waals surface area contributed by atoms with Crippen LogP contribution in [0.5, 0.6) is 0 Å². The Balaban J connectivity index is 1.86. The van der Waals surface area contributed by atoms with Crippen molar-refractivity contribution in [3.05, 3.63) is 71.5 Å². The Hall–Kier alpha value is -2.69. The number of primary amides is 1. The minimum Gasteiger partial charge on any atom is -0.369 e. The molecule has 0 spiro atoms. The molecular weight excluding hydrogens is 319 g/mol. The SMILES string of the molecule is CC(CC(=O)NCC(Cc1ccc(F)cc1)C(N)=O)c1ccccc1. The number of rotatable bonds is 8. The van der Waals surface area contributed by atoms with Crippen molar-refractivity contribution < 1.29 is 14.0 Å². The van der Waals surface area contributed by atoms with Crippen LogP contribution in [0.2, 0.25) is 0 Å². The predicted molar refractivity (Wildman–Crippen MR) is 95.3 cm³/mol. The molecule has 3 N–H and O–H groups in total. The summed E-state index contributed by atoms with van der Waals surface area (Å²) in [6.45, 7) is 2.16. The third kappa shape index (κ3) is 6.03. The van der Waals surface area contributed by atoms with Crippen LogP contribution in [0.3, 0.4) is 0 Å². The molecule has 2 aromatic carbocycles. The minimum atomic E-state index is -0.526. The number of hydrogen-bond acceptors (Lipinski definition) is 2. The molecule has 0 aliphatic rings. The average molecular weight is 342 g/mol. The Labute approximate surface area is 147 Å². The minimum absolute atomic E-state index is 0.0883. The first-order valence-electron chi connectivity index (χ1n) is 8.31. The highest BCUT2D eigenvalue weighted by atomic mass is 19.1. The van der Waals surface area contributed by atoms with E-state index in [1.807, 2.05) is 37.3 Å². The molecule has 0 saturated carbocycles. The van der Waals surface area contributed by atoms with Crippen LogP contribution in [0, 0.1) is 11.7 Å². The van der Waals surface area contributed by atoms with Crippen LogP contribution < -0.4 is 11.1 Å². The van der Waals surface area contributed by atoms with Crippen molar-refractivity contribution in [2.24, 2.45) is 11.7 Å². The van der Waals surface area contributed by atoms with Crippen LogP contribution in [0.15, 0.2) is 54.6 Å². The first-order chi connectivity index (χ1) is 12.0. The Morgan fingerprint density at radius 1 is 1.08 bits per heavy atom. The van der Waals surface area contributed by atoms with Gasteiger partial charge in [-0.25, -0.2) is 4.39 Å². The fourth-order valence-corrected chi connectivity index (χ4v) is 2.67. The summed E-state index contributed by atoms with van der Waals surface area (Å²) in [6, 6.07) is 15.7. The van der Waals surface area contributed by atoms with E-state index in [2.05, 4.69) is 5.32 Å². The molecule has 2 amide bonds. The van der Waals surface area contributed by atoms with Crippen molar-refractivity contribution in [3.8, 4) is 0 Å². The highest BCUT2D eigenvalue weighted by molar-refractivity contribution is 5.80. The van der Waals surface area contributed by atoms with Gasteiger partial charge in [0.2, 0.25) is 11.8 Å². The molecule has 0 aromatic heterocycles. The van der Waals surface area contributed by atoms with Gasteiger partial charge in [0.25, 0.3) is 0 Å². The van der Waals surface area contributed by atoms with Crippen molar-refractivity contribution >= 4 is 11.8 Å². The Kier molecular flexibility index (Phi) is 6.69. The highest BCUT2D eigenvalue weighted by Gasteiger charge is 2.18. The van der Waals surface area contributed by atoms with Gasteiger partial charge >= 0.3 is 0 Å². The smallest absolute Gasteiger partial charge is 0.222 e. The number of carbonyl (C=O) groups is 2. The van der Waals surface area contributed by atoms with Gasteiger partial charge in [-0.2, -0.15) is 0 Å². The maximum atomic E-state index is 12.9. The number of carbonyl (C=O) groups excluding carboxylic acids is 2. The van der Waals surface area contributed by atoms with Gasteiger partial charge in [0.1, 0.15) is 5.82 Å². The second-order valence-electron chi connectivity index (χ2n) is 6.25. The quantitative estimate of drug-likeness (QED) is 0.774. The number of benzene rings is 2. The van der Waals surface area contributed by atoms with Gasteiger partial charge in [0.05, 0.1) is 5.92 Å². The third-order valence-corrected chi connectivity index (χ3v) is 4.20. The largest absolute Gasteiger partial charge is 0.369 e. The van der Waals surface area contributed by atoms with Crippen molar-refractivity contribution in [1.82, 2.24) is 5.32 Å². The maximum Gasteiger partial charge on any atom is 0.222 e. The van der Waals surface area contributed by atoms with Crippen LogP contribution in [-0.2, 0) is 16.0 Å². The van der Waals surface area contributed by atoms with E-state index in [-0.39, 0.29) is 24.2 Å². The topological polar surface area (TPSA) is 72.2 Å². The van der Waals surface area contributed by atoms with Crippen molar-refractivity contribution in [1.29, 1.82) is 0 Å². The first-order valence-corrected chi connectivity index (χ1v) is 8.31. The number of hydrogen-bond donors (Lipinski definition) is 2. The molecule has 2 aromatic rings. The van der Waals surface area contributed by atoms with Crippen LogP contribution in [0.1, 0.15) is 30.4 Å². The van der Waals surface area contributed by atoms with E-state index in [1.54, 1.807) is 12.1 Å². The highest BCUT2D eigenvalue weighted by Crippen LogP contribution is 2.18. The Morgan fingerprint density at radius 3 is 2.32 bits per heavy atom. The van der Waals surface area contributed by atoms with Crippen molar-refractivity contribution in [2.75, 3.05) is 6.54 Å². The lowest BCUT2D eigenvalue weighted by Gasteiger charge is -2.16. The normalized spacial score (nSPS) is 13.0. The second kappa shape index (κ2) is 8.97. The third-order valence-electron chi connectivity index (χ3n) is 4.20. The first kappa shape index (κ1) is 18.6. The summed E-state index contributed by atoms with van der Waals surface area (Å²) >= 11 is 0. The van der Waals surface area contributed by atoms with Gasteiger partial charge in [0.15, 0.2) is 0 Å². The molecule has 132 valence electrons. The fourth-order valence-electron chi connectivity index (χ4n) is 2.67. The lowest BCUT2D eigenvalue weighted by Crippen LogP contribution is -2.37. The summed E-state index contributed by atoms with van der Waals surface area (Å²) in [5.41, 5.74) is 7.32. The predicted octanol–water partition coefficient (Wildman–Crippen LogP) is 2.78. The Morgan fingerprint density at radius 2 is 1.72 bits per heavy atom. The number of halogens is 1. The molecule has 0 saturated heterocycles.